The summed E-state index contributed by atoms with van der Waals surface area (Å²) in [6.07, 6.45) is 6.49. The van der Waals surface area contributed by atoms with E-state index >= 15 is 0 Å². The van der Waals surface area contributed by atoms with E-state index in [1.807, 2.05) is 0 Å². The zero-order valence-electron chi connectivity index (χ0n) is 11.8. The van der Waals surface area contributed by atoms with Gasteiger partial charge in [-0.05, 0) is 58.0 Å². The first-order chi connectivity index (χ1) is 8.75. The van der Waals surface area contributed by atoms with E-state index in [4.69, 9.17) is 4.74 Å². The molecule has 0 bridgehead atoms. The highest BCUT2D eigenvalue weighted by Gasteiger charge is 2.23. The second-order valence-corrected chi connectivity index (χ2v) is 5.66. The average molecular weight is 291 g/mol. The van der Waals surface area contributed by atoms with Gasteiger partial charge in [0.05, 0.1) is 12.5 Å². The van der Waals surface area contributed by atoms with Gasteiger partial charge >= 0.3 is 0 Å². The van der Waals surface area contributed by atoms with Gasteiger partial charge in [0.1, 0.15) is 0 Å². The predicted molar refractivity (Wildman–Crippen MR) is 78.7 cm³/mol. The summed E-state index contributed by atoms with van der Waals surface area (Å²) in [6, 6.07) is 0.272. The Kier molecular flexibility index (Phi) is 7.73. The first-order valence-electron chi connectivity index (χ1n) is 7.37. The zero-order chi connectivity index (χ0) is 12.8. The van der Waals surface area contributed by atoms with Gasteiger partial charge in [-0.25, -0.2) is 0 Å². The molecule has 0 spiro atoms. The van der Waals surface area contributed by atoms with Crippen LogP contribution < -0.4 is 10.6 Å². The summed E-state index contributed by atoms with van der Waals surface area (Å²) in [5.74, 6) is 0.731. The largest absolute Gasteiger partial charge is 0.378 e. The van der Waals surface area contributed by atoms with Gasteiger partial charge in [-0.3, -0.25) is 4.79 Å². The molecule has 3 unspecified atom stereocenters. The minimum atomic E-state index is 0. The first kappa shape index (κ1) is 16.7. The van der Waals surface area contributed by atoms with E-state index in [9.17, 15) is 4.79 Å². The minimum Gasteiger partial charge on any atom is -0.378 e. The summed E-state index contributed by atoms with van der Waals surface area (Å²) < 4.78 is 5.60. The lowest BCUT2D eigenvalue weighted by Gasteiger charge is -2.29. The van der Waals surface area contributed by atoms with Crippen molar-refractivity contribution in [2.24, 2.45) is 5.92 Å². The van der Waals surface area contributed by atoms with Gasteiger partial charge < -0.3 is 15.4 Å². The maximum atomic E-state index is 12.0. The van der Waals surface area contributed by atoms with E-state index < -0.39 is 0 Å². The quantitative estimate of drug-likeness (QED) is 0.831. The van der Waals surface area contributed by atoms with Crippen LogP contribution >= 0.6 is 12.4 Å². The molecule has 0 aromatic heterocycles. The molecule has 2 aliphatic rings. The van der Waals surface area contributed by atoms with Gasteiger partial charge in [0.25, 0.3) is 0 Å². The van der Waals surface area contributed by atoms with Crippen LogP contribution in [0.15, 0.2) is 0 Å². The lowest BCUT2D eigenvalue weighted by molar-refractivity contribution is -0.125. The van der Waals surface area contributed by atoms with Crippen LogP contribution in [0.2, 0.25) is 0 Å². The van der Waals surface area contributed by atoms with E-state index in [-0.39, 0.29) is 30.5 Å². The number of nitrogens with one attached hydrogen (secondary N) is 2. The molecule has 0 aromatic rings. The Morgan fingerprint density at radius 1 is 1.37 bits per heavy atom. The van der Waals surface area contributed by atoms with E-state index in [2.05, 4.69) is 17.6 Å². The van der Waals surface area contributed by atoms with E-state index in [0.29, 0.717) is 12.3 Å². The molecule has 2 fully saturated rings. The van der Waals surface area contributed by atoms with Crippen LogP contribution in [0.25, 0.3) is 0 Å². The SMILES string of the molecule is CC(NC(=O)CC1CCCCO1)C1CCCNC1.Cl. The molecule has 2 saturated heterocycles. The second-order valence-electron chi connectivity index (χ2n) is 5.66. The molecule has 0 radical (unpaired) electrons. The molecule has 112 valence electrons. The minimum absolute atomic E-state index is 0. The monoisotopic (exact) mass is 290 g/mol. The Morgan fingerprint density at radius 2 is 2.21 bits per heavy atom. The molecule has 19 heavy (non-hydrogen) atoms. The van der Waals surface area contributed by atoms with Crippen molar-refractivity contribution in [3.8, 4) is 0 Å². The molecule has 2 heterocycles. The summed E-state index contributed by atoms with van der Waals surface area (Å²) in [4.78, 5) is 12.0. The second kappa shape index (κ2) is 8.77. The van der Waals surface area contributed by atoms with Gasteiger partial charge in [-0.2, -0.15) is 0 Å². The number of carbonyl (C=O) groups excluding carboxylic acids is 1. The number of hydrogen-bond acceptors (Lipinski definition) is 3. The van der Waals surface area contributed by atoms with Crippen LogP contribution in [-0.4, -0.2) is 37.7 Å². The van der Waals surface area contributed by atoms with E-state index in [1.165, 1.54) is 19.3 Å². The number of piperidine rings is 1. The van der Waals surface area contributed by atoms with Crippen molar-refractivity contribution in [2.45, 2.75) is 57.6 Å². The topological polar surface area (TPSA) is 50.4 Å². The molecular weight excluding hydrogens is 264 g/mol. The molecule has 0 saturated carbocycles. The Balaban J connectivity index is 0.00000180. The molecule has 0 aromatic carbocycles. The number of hydrogen-bond donors (Lipinski definition) is 2. The van der Waals surface area contributed by atoms with Crippen LogP contribution in [0, 0.1) is 5.92 Å². The lowest BCUT2D eigenvalue weighted by atomic mass is 9.92. The predicted octanol–water partition coefficient (Wildman–Crippen LogP) is 1.87. The number of carbonyl (C=O) groups is 1. The standard InChI is InChI=1S/C14H26N2O2.ClH/c1-11(12-5-4-7-15-10-12)16-14(17)9-13-6-2-3-8-18-13;/h11-13,15H,2-10H2,1H3,(H,16,17);1H. The molecule has 3 atom stereocenters. The molecule has 5 heteroatoms. The third-order valence-corrected chi connectivity index (χ3v) is 4.12. The highest BCUT2D eigenvalue weighted by molar-refractivity contribution is 5.85. The van der Waals surface area contributed by atoms with Gasteiger partial charge in [-0.1, -0.05) is 0 Å². The smallest absolute Gasteiger partial charge is 0.222 e. The van der Waals surface area contributed by atoms with Crippen LogP contribution in [0.4, 0.5) is 0 Å². The zero-order valence-corrected chi connectivity index (χ0v) is 12.6. The fourth-order valence-corrected chi connectivity index (χ4v) is 2.91. The van der Waals surface area contributed by atoms with Crippen LogP contribution in [0.5, 0.6) is 0 Å². The molecule has 0 aliphatic carbocycles. The third kappa shape index (κ3) is 5.67. The van der Waals surface area contributed by atoms with Crippen molar-refractivity contribution >= 4 is 18.3 Å². The molecule has 2 rings (SSSR count). The molecule has 2 N–H and O–H groups in total. The maximum absolute atomic E-state index is 12.0. The summed E-state index contributed by atoms with van der Waals surface area (Å²) in [5, 5.41) is 6.53. The number of rotatable bonds is 4. The number of halogens is 1. The van der Waals surface area contributed by atoms with Gasteiger partial charge in [0.15, 0.2) is 0 Å². The Hall–Kier alpha value is -0.320. The van der Waals surface area contributed by atoms with Crippen LogP contribution in [0.1, 0.15) is 45.4 Å². The molecule has 1 amide bonds. The van der Waals surface area contributed by atoms with Crippen molar-refractivity contribution in [1.82, 2.24) is 10.6 Å². The summed E-state index contributed by atoms with van der Waals surface area (Å²) in [7, 11) is 0. The lowest BCUT2D eigenvalue weighted by Crippen LogP contribution is -2.45. The average Bonchev–Trinajstić information content (AvgIpc) is 2.40. The molecule has 2 aliphatic heterocycles. The van der Waals surface area contributed by atoms with Gasteiger partial charge in [-0.15, -0.1) is 12.4 Å². The Morgan fingerprint density at radius 3 is 2.84 bits per heavy atom. The van der Waals surface area contributed by atoms with Crippen molar-refractivity contribution in [2.75, 3.05) is 19.7 Å². The summed E-state index contributed by atoms with van der Waals surface area (Å²) in [5.41, 5.74) is 0. The Labute approximate surface area is 122 Å². The highest BCUT2D eigenvalue weighted by Crippen LogP contribution is 2.17. The summed E-state index contributed by atoms with van der Waals surface area (Å²) >= 11 is 0. The highest BCUT2D eigenvalue weighted by atomic mass is 35.5. The maximum Gasteiger partial charge on any atom is 0.222 e. The first-order valence-corrected chi connectivity index (χ1v) is 7.37. The summed E-state index contributed by atoms with van der Waals surface area (Å²) in [6.45, 7) is 5.09. The van der Waals surface area contributed by atoms with Gasteiger partial charge in [0.2, 0.25) is 5.91 Å². The molecular formula is C14H27ClN2O2. The van der Waals surface area contributed by atoms with Crippen LogP contribution in [0.3, 0.4) is 0 Å². The fourth-order valence-electron chi connectivity index (χ4n) is 2.91. The van der Waals surface area contributed by atoms with Gasteiger partial charge in [0, 0.05) is 12.6 Å². The van der Waals surface area contributed by atoms with Crippen molar-refractivity contribution in [3.63, 3.8) is 0 Å². The van der Waals surface area contributed by atoms with Crippen molar-refractivity contribution < 1.29 is 9.53 Å². The third-order valence-electron chi connectivity index (χ3n) is 4.12. The van der Waals surface area contributed by atoms with Crippen molar-refractivity contribution in [1.29, 1.82) is 0 Å². The van der Waals surface area contributed by atoms with E-state index in [0.717, 1.165) is 32.5 Å². The van der Waals surface area contributed by atoms with Crippen LogP contribution in [-0.2, 0) is 9.53 Å². The Bertz CT molecular complexity index is 264. The molecule has 4 nitrogen and oxygen atoms in total. The fraction of sp³-hybridized carbons (Fsp3) is 0.929. The number of ether oxygens (including phenoxy) is 1. The van der Waals surface area contributed by atoms with Crippen molar-refractivity contribution in [3.05, 3.63) is 0 Å². The normalized spacial score (nSPS) is 29.1. The van der Waals surface area contributed by atoms with E-state index in [1.54, 1.807) is 0 Å². The number of amides is 1.